The predicted molar refractivity (Wildman–Crippen MR) is 64.8 cm³/mol. The van der Waals surface area contributed by atoms with Crippen LogP contribution in [0.25, 0.3) is 0 Å². The lowest BCUT2D eigenvalue weighted by Gasteiger charge is -2.25. The number of piperidine rings is 1. The zero-order chi connectivity index (χ0) is 11.4. The van der Waals surface area contributed by atoms with Crippen LogP contribution in [0.2, 0.25) is 0 Å². The number of carbonyl (C=O) groups is 1. The molecule has 0 aliphatic carbocycles. The zero-order valence-corrected chi connectivity index (χ0v) is 10.4. The first-order valence-electron chi connectivity index (χ1n) is 5.67. The van der Waals surface area contributed by atoms with Gasteiger partial charge in [-0.25, -0.2) is 4.79 Å². The van der Waals surface area contributed by atoms with Crippen LogP contribution in [0.1, 0.15) is 34.5 Å². The molecule has 1 aliphatic rings. The molecule has 16 heavy (non-hydrogen) atoms. The molecule has 2 heterocycles. The van der Waals surface area contributed by atoms with Gasteiger partial charge in [0.25, 0.3) is 0 Å². The van der Waals surface area contributed by atoms with Crippen molar-refractivity contribution in [1.29, 1.82) is 0 Å². The predicted octanol–water partition coefficient (Wildman–Crippen LogP) is 2.52. The van der Waals surface area contributed by atoms with E-state index in [4.69, 9.17) is 4.74 Å². The van der Waals surface area contributed by atoms with Gasteiger partial charge in [-0.2, -0.15) is 0 Å². The fourth-order valence-corrected chi connectivity index (χ4v) is 2.92. The number of nitrogens with zero attached hydrogens (tertiary/aromatic N) is 1. The maximum atomic E-state index is 11.3. The van der Waals surface area contributed by atoms with E-state index in [0.717, 1.165) is 6.54 Å². The minimum absolute atomic E-state index is 0.235. The molecule has 1 aromatic heterocycles. The van der Waals surface area contributed by atoms with Crippen LogP contribution in [-0.4, -0.2) is 31.1 Å². The van der Waals surface area contributed by atoms with Crippen molar-refractivity contribution in [2.24, 2.45) is 0 Å². The molecule has 0 N–H and O–H groups in total. The molecule has 1 aliphatic heterocycles. The smallest absolute Gasteiger partial charge is 0.338 e. The average Bonchev–Trinajstić information content (AvgIpc) is 2.78. The minimum Gasteiger partial charge on any atom is -0.465 e. The summed E-state index contributed by atoms with van der Waals surface area (Å²) in [6.45, 7) is 3.35. The van der Waals surface area contributed by atoms with E-state index < -0.39 is 0 Å². The van der Waals surface area contributed by atoms with Crippen molar-refractivity contribution < 1.29 is 9.53 Å². The third-order valence-corrected chi connectivity index (χ3v) is 3.82. The fourth-order valence-electron chi connectivity index (χ4n) is 2.03. The van der Waals surface area contributed by atoms with Crippen molar-refractivity contribution in [2.75, 3.05) is 20.2 Å². The maximum absolute atomic E-state index is 11.3. The quantitative estimate of drug-likeness (QED) is 0.759. The summed E-state index contributed by atoms with van der Waals surface area (Å²) in [5.74, 6) is -0.235. The van der Waals surface area contributed by atoms with Gasteiger partial charge in [-0.3, -0.25) is 4.90 Å². The van der Waals surface area contributed by atoms with Crippen LogP contribution in [-0.2, 0) is 11.3 Å². The molecular formula is C12H17NO2S. The second-order valence-corrected chi connectivity index (χ2v) is 5.13. The highest BCUT2D eigenvalue weighted by Gasteiger charge is 2.13. The number of hydrogen-bond acceptors (Lipinski definition) is 4. The number of ether oxygens (including phenoxy) is 1. The maximum Gasteiger partial charge on any atom is 0.338 e. The summed E-state index contributed by atoms with van der Waals surface area (Å²) in [6, 6.07) is 1.95. The molecule has 1 fully saturated rings. The second-order valence-electron chi connectivity index (χ2n) is 4.13. The zero-order valence-electron chi connectivity index (χ0n) is 9.57. The Bertz CT molecular complexity index is 356. The summed E-state index contributed by atoms with van der Waals surface area (Å²) < 4.78 is 4.69. The number of likely N-dealkylation sites (tertiary alicyclic amines) is 1. The Kier molecular flexibility index (Phi) is 3.96. The van der Waals surface area contributed by atoms with Gasteiger partial charge in [0, 0.05) is 16.8 Å². The molecule has 0 spiro atoms. The lowest BCUT2D eigenvalue weighted by atomic mass is 10.1. The van der Waals surface area contributed by atoms with E-state index in [1.807, 2.05) is 11.4 Å². The van der Waals surface area contributed by atoms with Crippen LogP contribution in [0, 0.1) is 0 Å². The molecule has 4 heteroatoms. The van der Waals surface area contributed by atoms with Gasteiger partial charge in [0.1, 0.15) is 0 Å². The Morgan fingerprint density at radius 3 is 2.88 bits per heavy atom. The molecule has 1 aromatic rings. The largest absolute Gasteiger partial charge is 0.465 e. The standard InChI is InChI=1S/C12H17NO2S/c1-15-12(14)10-7-11(16-9-10)8-13-5-3-2-4-6-13/h7,9H,2-6,8H2,1H3. The lowest BCUT2D eigenvalue weighted by Crippen LogP contribution is -2.28. The van der Waals surface area contributed by atoms with Crippen LogP contribution in [0.15, 0.2) is 11.4 Å². The Morgan fingerprint density at radius 1 is 1.44 bits per heavy atom. The summed E-state index contributed by atoms with van der Waals surface area (Å²) in [6.07, 6.45) is 3.96. The molecular weight excluding hydrogens is 222 g/mol. The van der Waals surface area contributed by atoms with Gasteiger partial charge in [0.05, 0.1) is 12.7 Å². The van der Waals surface area contributed by atoms with Gasteiger partial charge in [-0.05, 0) is 32.0 Å². The first-order valence-corrected chi connectivity index (χ1v) is 6.55. The Morgan fingerprint density at radius 2 is 2.19 bits per heavy atom. The van der Waals surface area contributed by atoms with Crippen molar-refractivity contribution in [3.05, 3.63) is 21.9 Å². The average molecular weight is 239 g/mol. The SMILES string of the molecule is COC(=O)c1csc(CN2CCCCC2)c1. The van der Waals surface area contributed by atoms with E-state index >= 15 is 0 Å². The fraction of sp³-hybridized carbons (Fsp3) is 0.583. The van der Waals surface area contributed by atoms with Crippen molar-refractivity contribution >= 4 is 17.3 Å². The van der Waals surface area contributed by atoms with E-state index in [1.165, 1.54) is 44.3 Å². The van der Waals surface area contributed by atoms with Crippen LogP contribution in [0.3, 0.4) is 0 Å². The van der Waals surface area contributed by atoms with E-state index in [9.17, 15) is 4.79 Å². The lowest BCUT2D eigenvalue weighted by molar-refractivity contribution is 0.0601. The van der Waals surface area contributed by atoms with Crippen LogP contribution < -0.4 is 0 Å². The third kappa shape index (κ3) is 2.83. The van der Waals surface area contributed by atoms with Gasteiger partial charge in [-0.15, -0.1) is 11.3 Å². The third-order valence-electron chi connectivity index (χ3n) is 2.90. The number of methoxy groups -OCH3 is 1. The molecule has 0 bridgehead atoms. The number of rotatable bonds is 3. The van der Waals surface area contributed by atoms with Crippen molar-refractivity contribution in [2.45, 2.75) is 25.8 Å². The van der Waals surface area contributed by atoms with Crippen LogP contribution in [0.5, 0.6) is 0 Å². The van der Waals surface area contributed by atoms with E-state index in [2.05, 4.69) is 4.90 Å². The summed E-state index contributed by atoms with van der Waals surface area (Å²) in [5.41, 5.74) is 0.680. The van der Waals surface area contributed by atoms with Gasteiger partial charge < -0.3 is 4.74 Å². The van der Waals surface area contributed by atoms with Crippen molar-refractivity contribution in [3.63, 3.8) is 0 Å². The molecule has 88 valence electrons. The Hall–Kier alpha value is -0.870. The van der Waals surface area contributed by atoms with Gasteiger partial charge in [-0.1, -0.05) is 6.42 Å². The Labute approximate surface area is 100 Å². The second kappa shape index (κ2) is 5.46. The van der Waals surface area contributed by atoms with Crippen LogP contribution in [0.4, 0.5) is 0 Å². The molecule has 0 saturated carbocycles. The summed E-state index contributed by atoms with van der Waals surface area (Å²) >= 11 is 1.64. The minimum atomic E-state index is -0.235. The van der Waals surface area contributed by atoms with Crippen molar-refractivity contribution in [1.82, 2.24) is 4.90 Å². The molecule has 0 unspecified atom stereocenters. The molecule has 1 saturated heterocycles. The summed E-state index contributed by atoms with van der Waals surface area (Å²) in [4.78, 5) is 15.0. The first-order chi connectivity index (χ1) is 7.79. The molecule has 0 atom stereocenters. The highest BCUT2D eigenvalue weighted by molar-refractivity contribution is 7.10. The van der Waals surface area contributed by atoms with Crippen LogP contribution >= 0.6 is 11.3 Å². The highest BCUT2D eigenvalue weighted by atomic mass is 32.1. The molecule has 2 rings (SSSR count). The van der Waals surface area contributed by atoms with E-state index in [0.29, 0.717) is 5.56 Å². The van der Waals surface area contributed by atoms with Gasteiger partial charge >= 0.3 is 5.97 Å². The summed E-state index contributed by atoms with van der Waals surface area (Å²) in [5, 5.41) is 1.88. The van der Waals surface area contributed by atoms with E-state index in [1.54, 1.807) is 11.3 Å². The number of esters is 1. The summed E-state index contributed by atoms with van der Waals surface area (Å²) in [7, 11) is 1.42. The normalized spacial score (nSPS) is 17.3. The Balaban J connectivity index is 1.94. The molecule has 0 radical (unpaired) electrons. The van der Waals surface area contributed by atoms with Crippen molar-refractivity contribution in [3.8, 4) is 0 Å². The number of carbonyl (C=O) groups excluding carboxylic acids is 1. The van der Waals surface area contributed by atoms with Gasteiger partial charge in [0.2, 0.25) is 0 Å². The van der Waals surface area contributed by atoms with Gasteiger partial charge in [0.15, 0.2) is 0 Å². The number of thiophene rings is 1. The number of hydrogen-bond donors (Lipinski definition) is 0. The molecule has 3 nitrogen and oxygen atoms in total. The highest BCUT2D eigenvalue weighted by Crippen LogP contribution is 2.19. The molecule has 0 aromatic carbocycles. The molecule has 0 amide bonds. The first kappa shape index (κ1) is 11.6. The monoisotopic (exact) mass is 239 g/mol. The van der Waals surface area contributed by atoms with E-state index in [-0.39, 0.29) is 5.97 Å². The topological polar surface area (TPSA) is 29.5 Å².